The molecule has 1 aliphatic heterocycles. The van der Waals surface area contributed by atoms with Gasteiger partial charge in [-0.1, -0.05) is 30.9 Å². The number of aliphatic carboxylic acids is 1. The summed E-state index contributed by atoms with van der Waals surface area (Å²) in [5.74, 6) is -0.326. The Morgan fingerprint density at radius 1 is 1.57 bits per heavy atom. The molecule has 1 heterocycles. The average Bonchev–Trinajstić information content (AvgIpc) is 2.15. The number of carboxylic acids is 1. The van der Waals surface area contributed by atoms with Crippen LogP contribution in [-0.2, 0) is 4.79 Å². The highest BCUT2D eigenvalue weighted by atomic mass is 32.2. The van der Waals surface area contributed by atoms with Crippen molar-refractivity contribution in [3.8, 4) is 0 Å². The van der Waals surface area contributed by atoms with Crippen molar-refractivity contribution in [3.63, 3.8) is 0 Å². The van der Waals surface area contributed by atoms with E-state index in [2.05, 4.69) is 11.8 Å². The van der Waals surface area contributed by atoms with Gasteiger partial charge in [-0.3, -0.25) is 0 Å². The number of carboxylic acid groups (broad SMARTS) is 1. The van der Waals surface area contributed by atoms with E-state index in [0.717, 1.165) is 31.8 Å². The van der Waals surface area contributed by atoms with Crippen molar-refractivity contribution < 1.29 is 9.90 Å². The lowest BCUT2D eigenvalue weighted by atomic mass is 10.00. The van der Waals surface area contributed by atoms with E-state index in [0.29, 0.717) is 4.32 Å². The summed E-state index contributed by atoms with van der Waals surface area (Å²) in [6, 6.07) is 0. The number of thiocarbonyl (C=S) groups is 1. The Kier molecular flexibility index (Phi) is 4.68. The van der Waals surface area contributed by atoms with Gasteiger partial charge in [-0.15, -0.1) is 0 Å². The standard InChI is InChI=1S/C9H15NO2S2/c1-7-2-4-10(5-3-7)9(13)14-6-8(11)12/h7H,2-6H2,1H3,(H,11,12)/p-1. The molecule has 14 heavy (non-hydrogen) atoms. The predicted molar refractivity (Wildman–Crippen MR) is 60.0 cm³/mol. The molecule has 0 radical (unpaired) electrons. The third-order valence-electron chi connectivity index (χ3n) is 2.36. The minimum Gasteiger partial charge on any atom is -0.549 e. The van der Waals surface area contributed by atoms with Crippen LogP contribution >= 0.6 is 24.0 Å². The molecule has 0 amide bonds. The number of thioether (sulfide) groups is 1. The van der Waals surface area contributed by atoms with Crippen LogP contribution in [0.25, 0.3) is 0 Å². The van der Waals surface area contributed by atoms with E-state index in [4.69, 9.17) is 12.2 Å². The Morgan fingerprint density at radius 2 is 2.14 bits per heavy atom. The Hall–Kier alpha value is -0.290. The van der Waals surface area contributed by atoms with E-state index < -0.39 is 5.97 Å². The zero-order valence-electron chi connectivity index (χ0n) is 8.19. The van der Waals surface area contributed by atoms with Crippen LogP contribution in [0.15, 0.2) is 0 Å². The van der Waals surface area contributed by atoms with Crippen LogP contribution in [0.2, 0.25) is 0 Å². The Balaban J connectivity index is 2.27. The molecular weight excluding hydrogens is 218 g/mol. The van der Waals surface area contributed by atoms with E-state index in [1.54, 1.807) is 0 Å². The van der Waals surface area contributed by atoms with Crippen molar-refractivity contribution in [2.45, 2.75) is 19.8 Å². The van der Waals surface area contributed by atoms with Crippen molar-refractivity contribution in [2.75, 3.05) is 18.8 Å². The van der Waals surface area contributed by atoms with Crippen LogP contribution in [0.3, 0.4) is 0 Å². The van der Waals surface area contributed by atoms with Crippen LogP contribution in [0, 0.1) is 5.92 Å². The summed E-state index contributed by atoms with van der Waals surface area (Å²) < 4.78 is 0.695. The van der Waals surface area contributed by atoms with E-state index >= 15 is 0 Å². The fourth-order valence-electron chi connectivity index (χ4n) is 1.40. The molecule has 0 unspecified atom stereocenters. The smallest absolute Gasteiger partial charge is 0.136 e. The van der Waals surface area contributed by atoms with E-state index in [-0.39, 0.29) is 5.75 Å². The molecule has 0 atom stereocenters. The second-order valence-electron chi connectivity index (χ2n) is 3.60. The van der Waals surface area contributed by atoms with Gasteiger partial charge in [0.2, 0.25) is 0 Å². The molecule has 0 aromatic carbocycles. The summed E-state index contributed by atoms with van der Waals surface area (Å²) in [5, 5.41) is 10.2. The number of carbonyl (C=O) groups is 1. The van der Waals surface area contributed by atoms with Crippen molar-refractivity contribution in [1.82, 2.24) is 4.90 Å². The molecule has 0 aromatic rings. The minimum atomic E-state index is -1.05. The van der Waals surface area contributed by atoms with Gasteiger partial charge in [0.1, 0.15) is 4.32 Å². The second-order valence-corrected chi connectivity index (χ2v) is 5.21. The first kappa shape index (κ1) is 11.8. The van der Waals surface area contributed by atoms with E-state index in [1.807, 2.05) is 0 Å². The molecule has 0 saturated carbocycles. The lowest BCUT2D eigenvalue weighted by molar-refractivity contribution is -0.301. The van der Waals surface area contributed by atoms with Gasteiger partial charge in [0.15, 0.2) is 0 Å². The maximum absolute atomic E-state index is 10.2. The number of rotatable bonds is 2. The third kappa shape index (κ3) is 3.84. The lowest BCUT2D eigenvalue weighted by Gasteiger charge is -2.31. The molecule has 0 spiro atoms. The summed E-state index contributed by atoms with van der Waals surface area (Å²) in [7, 11) is 0. The summed E-state index contributed by atoms with van der Waals surface area (Å²) >= 11 is 6.32. The van der Waals surface area contributed by atoms with Gasteiger partial charge in [-0.05, 0) is 18.8 Å². The quantitative estimate of drug-likeness (QED) is 0.648. The minimum absolute atomic E-state index is 0.0368. The first-order valence-electron chi connectivity index (χ1n) is 4.71. The molecule has 5 heteroatoms. The molecule has 0 aromatic heterocycles. The topological polar surface area (TPSA) is 43.4 Å². The molecule has 1 aliphatic rings. The highest BCUT2D eigenvalue weighted by Crippen LogP contribution is 2.19. The lowest BCUT2D eigenvalue weighted by Crippen LogP contribution is -2.36. The fraction of sp³-hybridized carbons (Fsp3) is 0.778. The molecule has 3 nitrogen and oxygen atoms in total. The van der Waals surface area contributed by atoms with Crippen LogP contribution in [-0.4, -0.2) is 34.0 Å². The first-order valence-corrected chi connectivity index (χ1v) is 6.10. The molecule has 0 bridgehead atoms. The Morgan fingerprint density at radius 3 is 2.64 bits per heavy atom. The highest BCUT2D eigenvalue weighted by molar-refractivity contribution is 8.23. The molecule has 1 rings (SSSR count). The summed E-state index contributed by atoms with van der Waals surface area (Å²) in [5.41, 5.74) is 0. The summed E-state index contributed by atoms with van der Waals surface area (Å²) in [6.07, 6.45) is 2.29. The number of hydrogen-bond acceptors (Lipinski definition) is 4. The van der Waals surface area contributed by atoms with Crippen molar-refractivity contribution >= 4 is 34.3 Å². The van der Waals surface area contributed by atoms with E-state index in [1.165, 1.54) is 11.8 Å². The van der Waals surface area contributed by atoms with Crippen molar-refractivity contribution in [2.24, 2.45) is 5.92 Å². The zero-order chi connectivity index (χ0) is 10.6. The number of carbonyl (C=O) groups excluding carboxylic acids is 1. The van der Waals surface area contributed by atoms with Crippen LogP contribution < -0.4 is 5.11 Å². The molecule has 80 valence electrons. The van der Waals surface area contributed by atoms with Gasteiger partial charge < -0.3 is 14.8 Å². The molecule has 0 N–H and O–H groups in total. The number of hydrogen-bond donors (Lipinski definition) is 0. The molecule has 1 fully saturated rings. The number of piperidine rings is 1. The van der Waals surface area contributed by atoms with Gasteiger partial charge in [-0.2, -0.15) is 0 Å². The maximum Gasteiger partial charge on any atom is 0.136 e. The van der Waals surface area contributed by atoms with Crippen molar-refractivity contribution in [1.29, 1.82) is 0 Å². The number of nitrogens with zero attached hydrogens (tertiary/aromatic N) is 1. The molecule has 0 aliphatic carbocycles. The van der Waals surface area contributed by atoms with Crippen LogP contribution in [0.5, 0.6) is 0 Å². The first-order chi connectivity index (χ1) is 6.59. The van der Waals surface area contributed by atoms with Gasteiger partial charge in [0, 0.05) is 18.8 Å². The Labute approximate surface area is 93.9 Å². The van der Waals surface area contributed by atoms with Gasteiger partial charge in [0.25, 0.3) is 0 Å². The zero-order valence-corrected chi connectivity index (χ0v) is 9.83. The second kappa shape index (κ2) is 5.56. The van der Waals surface area contributed by atoms with Gasteiger partial charge in [0.05, 0.1) is 5.97 Å². The van der Waals surface area contributed by atoms with E-state index in [9.17, 15) is 9.90 Å². The fourth-order valence-corrected chi connectivity index (χ4v) is 2.37. The average molecular weight is 232 g/mol. The van der Waals surface area contributed by atoms with Crippen LogP contribution in [0.1, 0.15) is 19.8 Å². The Bertz CT molecular complexity index is 225. The van der Waals surface area contributed by atoms with Gasteiger partial charge >= 0.3 is 0 Å². The normalized spacial score (nSPS) is 18.2. The largest absolute Gasteiger partial charge is 0.549 e. The monoisotopic (exact) mass is 232 g/mol. The summed E-state index contributed by atoms with van der Waals surface area (Å²) in [6.45, 7) is 4.15. The SMILES string of the molecule is CC1CCN(C(=S)SCC(=O)[O-])CC1. The molecule has 1 saturated heterocycles. The molecular formula is C9H14NO2S2-. The number of likely N-dealkylation sites (tertiary alicyclic amines) is 1. The van der Waals surface area contributed by atoms with Crippen molar-refractivity contribution in [3.05, 3.63) is 0 Å². The summed E-state index contributed by atoms with van der Waals surface area (Å²) in [4.78, 5) is 12.3. The highest BCUT2D eigenvalue weighted by Gasteiger charge is 2.17. The predicted octanol–water partition coefficient (Wildman–Crippen LogP) is 0.486. The third-order valence-corrected chi connectivity index (χ3v) is 3.85. The maximum atomic E-state index is 10.2. The van der Waals surface area contributed by atoms with Gasteiger partial charge in [-0.25, -0.2) is 0 Å². The van der Waals surface area contributed by atoms with Crippen LogP contribution in [0.4, 0.5) is 0 Å².